The van der Waals surface area contributed by atoms with Gasteiger partial charge in [-0.25, -0.2) is 41.9 Å². The summed E-state index contributed by atoms with van der Waals surface area (Å²) in [5.41, 5.74) is 1.99. The van der Waals surface area contributed by atoms with E-state index >= 15 is 0 Å². The van der Waals surface area contributed by atoms with Gasteiger partial charge in [0.15, 0.2) is 0 Å². The molecular formula is C42H38F4N2O2Ti. The van der Waals surface area contributed by atoms with Gasteiger partial charge < -0.3 is 10.6 Å². The standard InChI is InChI=1S/2C16H14F2NO.2C5H5.Ti/c2*17-14-9-8-12(15(18)11-14)7-4-10-19-16(20)13-5-2-1-3-6-13;2*1-2-4-5-3-1;/h2*1-3,5-6,8-9H,4,7,10H2,(H,19,20);2*1-3H,4H2;/q4*-1;+4. The molecule has 2 aliphatic carbocycles. The van der Waals surface area contributed by atoms with Crippen molar-refractivity contribution in [2.45, 2.75) is 38.5 Å². The zero-order valence-corrected chi connectivity index (χ0v) is 29.6. The summed E-state index contributed by atoms with van der Waals surface area (Å²) in [6.07, 6.45) is 22.0. The topological polar surface area (TPSA) is 58.2 Å². The number of carbonyl (C=O) groups is 2. The molecular weight excluding hydrogens is 688 g/mol. The van der Waals surface area contributed by atoms with Crippen molar-refractivity contribution in [1.82, 2.24) is 10.6 Å². The van der Waals surface area contributed by atoms with Crippen LogP contribution >= 0.6 is 0 Å². The van der Waals surface area contributed by atoms with Crippen LogP contribution in [-0.2, 0) is 34.6 Å². The first-order chi connectivity index (χ1) is 24.3. The summed E-state index contributed by atoms with van der Waals surface area (Å²) in [7, 11) is 0. The van der Waals surface area contributed by atoms with Crippen LogP contribution in [0, 0.1) is 47.6 Å². The van der Waals surface area contributed by atoms with Crippen molar-refractivity contribution in [3.05, 3.63) is 191 Å². The maximum atomic E-state index is 13.3. The Labute approximate surface area is 313 Å². The Morgan fingerprint density at radius 1 is 0.569 bits per heavy atom. The molecule has 0 saturated heterocycles. The first-order valence-corrected chi connectivity index (χ1v) is 16.2. The van der Waals surface area contributed by atoms with Crippen LogP contribution in [0.3, 0.4) is 0 Å². The number of benzene rings is 4. The molecule has 0 bridgehead atoms. The number of amides is 2. The van der Waals surface area contributed by atoms with Crippen molar-refractivity contribution in [2.75, 3.05) is 13.1 Å². The molecule has 4 aromatic rings. The monoisotopic (exact) mass is 726 g/mol. The summed E-state index contributed by atoms with van der Waals surface area (Å²) < 4.78 is 52.0. The average Bonchev–Trinajstić information content (AvgIpc) is 3.92. The van der Waals surface area contributed by atoms with Gasteiger partial charge in [0.1, 0.15) is 0 Å². The molecule has 0 radical (unpaired) electrons. The quantitative estimate of drug-likeness (QED) is 0.0743. The van der Waals surface area contributed by atoms with Crippen molar-refractivity contribution in [1.29, 1.82) is 0 Å². The number of rotatable bonds is 10. The fraction of sp³-hybridized carbons (Fsp3) is 0.190. The molecule has 0 heterocycles. The number of carbonyl (C=O) groups excluding carboxylic acids is 2. The normalized spacial score (nSPS) is 11.5. The van der Waals surface area contributed by atoms with Crippen molar-refractivity contribution in [2.24, 2.45) is 0 Å². The molecule has 0 unspecified atom stereocenters. The van der Waals surface area contributed by atoms with E-state index in [0.29, 0.717) is 61.0 Å². The second-order valence-corrected chi connectivity index (χ2v) is 10.7. The van der Waals surface area contributed by atoms with Gasteiger partial charge in [0, 0.05) is 47.5 Å². The van der Waals surface area contributed by atoms with Crippen molar-refractivity contribution < 1.29 is 48.9 Å². The fourth-order valence-electron chi connectivity index (χ4n) is 4.36. The minimum Gasteiger partial charge on any atom is -0.352 e. The predicted octanol–water partition coefficient (Wildman–Crippen LogP) is 8.86. The molecule has 2 amide bonds. The molecule has 0 atom stereocenters. The molecule has 0 fully saturated rings. The van der Waals surface area contributed by atoms with Crippen LogP contribution in [0.4, 0.5) is 17.6 Å². The Morgan fingerprint density at radius 3 is 1.25 bits per heavy atom. The summed E-state index contributed by atoms with van der Waals surface area (Å²) in [6, 6.07) is 26.9. The van der Waals surface area contributed by atoms with E-state index < -0.39 is 23.3 Å². The number of nitrogens with one attached hydrogen (secondary N) is 2. The Hall–Kier alpha value is -4.79. The number of hydrogen-bond donors (Lipinski definition) is 2. The zero-order chi connectivity index (χ0) is 35.8. The predicted molar refractivity (Wildman–Crippen MR) is 188 cm³/mol. The third-order valence-corrected chi connectivity index (χ3v) is 6.94. The molecule has 2 N–H and O–H groups in total. The van der Waals surface area contributed by atoms with E-state index in [-0.39, 0.29) is 33.5 Å². The Bertz CT molecular complexity index is 1590. The van der Waals surface area contributed by atoms with Crippen LogP contribution in [0.1, 0.15) is 57.5 Å². The van der Waals surface area contributed by atoms with Gasteiger partial charge in [0.2, 0.25) is 0 Å². The van der Waals surface area contributed by atoms with Crippen LogP contribution in [0.25, 0.3) is 0 Å². The smallest absolute Gasteiger partial charge is 0.352 e. The first kappa shape index (κ1) is 42.4. The Kier molecular flexibility index (Phi) is 20.9. The third-order valence-electron chi connectivity index (χ3n) is 6.94. The van der Waals surface area contributed by atoms with E-state index in [0.717, 1.165) is 12.8 Å². The van der Waals surface area contributed by atoms with Gasteiger partial charge >= 0.3 is 21.7 Å². The van der Waals surface area contributed by atoms with E-state index in [4.69, 9.17) is 0 Å². The minimum absolute atomic E-state index is 0. The number of hydrogen-bond acceptors (Lipinski definition) is 2. The number of halogens is 4. The van der Waals surface area contributed by atoms with Crippen molar-refractivity contribution in [3.63, 3.8) is 0 Å². The van der Waals surface area contributed by atoms with Gasteiger partial charge in [0.25, 0.3) is 11.8 Å². The van der Waals surface area contributed by atoms with Crippen molar-refractivity contribution in [3.8, 4) is 0 Å². The minimum atomic E-state index is -0.705. The maximum absolute atomic E-state index is 13.3. The maximum Gasteiger partial charge on any atom is 4.00 e. The summed E-state index contributed by atoms with van der Waals surface area (Å²) in [6.45, 7) is 0.870. The molecule has 0 aliphatic heterocycles. The van der Waals surface area contributed by atoms with Gasteiger partial charge in [0.05, 0.1) is 0 Å². The molecule has 260 valence electrons. The molecule has 0 spiro atoms. The van der Waals surface area contributed by atoms with Crippen LogP contribution in [0.5, 0.6) is 0 Å². The van der Waals surface area contributed by atoms with E-state index in [2.05, 4.69) is 34.9 Å². The fourth-order valence-corrected chi connectivity index (χ4v) is 4.36. The Morgan fingerprint density at radius 2 is 0.961 bits per heavy atom. The first-order valence-electron chi connectivity index (χ1n) is 16.2. The van der Waals surface area contributed by atoms with E-state index in [1.807, 2.05) is 48.6 Å². The third kappa shape index (κ3) is 17.6. The SMILES string of the molecule is O=C(NCCCc1ccc(F)[c-]c1F)c1ccccc1.O=C(NCCCc1ccc(F)[c-]c1F)c1ccccc1.[C-]1=CC=CC1.[C-]1=CC=CC1.[Ti+4]. The molecule has 6 rings (SSSR count). The van der Waals surface area contributed by atoms with Crippen LogP contribution in [-0.4, -0.2) is 24.9 Å². The van der Waals surface area contributed by atoms with E-state index in [1.54, 1.807) is 48.5 Å². The molecule has 4 aromatic carbocycles. The number of aryl methyl sites for hydroxylation is 2. The van der Waals surface area contributed by atoms with E-state index in [9.17, 15) is 27.2 Å². The second-order valence-electron chi connectivity index (χ2n) is 10.7. The summed E-state index contributed by atoms with van der Waals surface area (Å²) in [5.74, 6) is -3.06. The molecule has 0 aromatic heterocycles. The van der Waals surface area contributed by atoms with Gasteiger partial charge in [-0.15, -0.1) is 48.2 Å². The molecule has 4 nitrogen and oxygen atoms in total. The largest absolute Gasteiger partial charge is 4.00 e. The number of allylic oxidation sites excluding steroid dienone is 8. The summed E-state index contributed by atoms with van der Waals surface area (Å²) >= 11 is 0. The molecule has 9 heteroatoms. The van der Waals surface area contributed by atoms with Gasteiger partial charge in [-0.05, 0) is 37.1 Å². The van der Waals surface area contributed by atoms with Crippen molar-refractivity contribution >= 4 is 11.8 Å². The van der Waals surface area contributed by atoms with E-state index in [1.165, 1.54) is 24.3 Å². The summed E-state index contributed by atoms with van der Waals surface area (Å²) in [5, 5.41) is 5.51. The van der Waals surface area contributed by atoms with Gasteiger partial charge in [-0.1, -0.05) is 49.2 Å². The zero-order valence-electron chi connectivity index (χ0n) is 28.0. The molecule has 51 heavy (non-hydrogen) atoms. The molecule has 0 saturated carbocycles. The van der Waals surface area contributed by atoms with Gasteiger partial charge in [-0.2, -0.15) is 24.3 Å². The average molecular weight is 727 g/mol. The Balaban J connectivity index is 0.000000273. The van der Waals surface area contributed by atoms with Crippen LogP contribution in [0.15, 0.2) is 121 Å². The van der Waals surface area contributed by atoms with Crippen LogP contribution < -0.4 is 10.6 Å². The van der Waals surface area contributed by atoms with Crippen LogP contribution in [0.2, 0.25) is 0 Å². The summed E-state index contributed by atoms with van der Waals surface area (Å²) in [4.78, 5) is 23.5. The molecule has 2 aliphatic rings. The van der Waals surface area contributed by atoms with Gasteiger partial charge in [-0.3, -0.25) is 21.7 Å². The second kappa shape index (κ2) is 25.2.